The van der Waals surface area contributed by atoms with Crippen LogP contribution in [0, 0.1) is 0 Å². The molecule has 2 heterocycles. The molecule has 2 aliphatic rings. The molecule has 1 amide bonds. The molecule has 4 heteroatoms. The fourth-order valence-electron chi connectivity index (χ4n) is 2.72. The first-order valence-electron chi connectivity index (χ1n) is 6.72. The van der Waals surface area contributed by atoms with Crippen molar-refractivity contribution in [3.63, 3.8) is 0 Å². The molecule has 1 atom stereocenters. The highest BCUT2D eigenvalue weighted by Crippen LogP contribution is 2.23. The Morgan fingerprint density at radius 2 is 2.12 bits per heavy atom. The Morgan fingerprint density at radius 1 is 1.41 bits per heavy atom. The van der Waals surface area contributed by atoms with E-state index in [0.717, 1.165) is 45.4 Å². The average Bonchev–Trinajstić information content (AvgIpc) is 2.78. The van der Waals surface area contributed by atoms with E-state index in [1.807, 2.05) is 4.90 Å². The highest BCUT2D eigenvalue weighted by atomic mass is 16.5. The Balaban J connectivity index is 1.72. The van der Waals surface area contributed by atoms with Crippen LogP contribution in [0.4, 0.5) is 0 Å². The van der Waals surface area contributed by atoms with Crippen LogP contribution in [0.15, 0.2) is 0 Å². The fourth-order valence-corrected chi connectivity index (χ4v) is 2.72. The number of nitrogens with zero attached hydrogens (tertiary/aromatic N) is 1. The van der Waals surface area contributed by atoms with Crippen molar-refractivity contribution >= 4 is 5.91 Å². The van der Waals surface area contributed by atoms with Gasteiger partial charge in [0.15, 0.2) is 0 Å². The lowest BCUT2D eigenvalue weighted by Crippen LogP contribution is -2.47. The van der Waals surface area contributed by atoms with Crippen LogP contribution >= 0.6 is 0 Å². The summed E-state index contributed by atoms with van der Waals surface area (Å²) in [6, 6.07) is 0.422. The number of hydrogen-bond donors (Lipinski definition) is 1. The summed E-state index contributed by atoms with van der Waals surface area (Å²) in [5, 5.41) is 3.38. The Hall–Kier alpha value is -0.610. The molecule has 0 radical (unpaired) electrons. The third kappa shape index (κ3) is 3.68. The molecule has 0 saturated carbocycles. The topological polar surface area (TPSA) is 41.6 Å². The van der Waals surface area contributed by atoms with E-state index >= 15 is 0 Å². The molecule has 1 unspecified atom stereocenters. The van der Waals surface area contributed by atoms with Gasteiger partial charge in [-0.15, -0.1) is 0 Å². The van der Waals surface area contributed by atoms with Crippen LogP contribution in [-0.4, -0.2) is 48.7 Å². The van der Waals surface area contributed by atoms with Gasteiger partial charge in [0.2, 0.25) is 5.91 Å². The zero-order chi connectivity index (χ0) is 12.3. The molecule has 2 fully saturated rings. The predicted octanol–water partition coefficient (Wildman–Crippen LogP) is 1.16. The van der Waals surface area contributed by atoms with Gasteiger partial charge in [0.1, 0.15) is 0 Å². The zero-order valence-corrected chi connectivity index (χ0v) is 11.0. The van der Waals surface area contributed by atoms with Gasteiger partial charge in [-0.3, -0.25) is 4.79 Å². The second-order valence-corrected chi connectivity index (χ2v) is 5.77. The zero-order valence-electron chi connectivity index (χ0n) is 11.0. The predicted molar refractivity (Wildman–Crippen MR) is 66.9 cm³/mol. The molecule has 0 bridgehead atoms. The summed E-state index contributed by atoms with van der Waals surface area (Å²) in [7, 11) is 0. The first-order chi connectivity index (χ1) is 8.07. The van der Waals surface area contributed by atoms with Gasteiger partial charge >= 0.3 is 0 Å². The molecule has 1 N–H and O–H groups in total. The summed E-state index contributed by atoms with van der Waals surface area (Å²) in [5.74, 6) is 0.256. The Labute approximate surface area is 104 Å². The van der Waals surface area contributed by atoms with Gasteiger partial charge in [0.25, 0.3) is 0 Å². The number of carbonyl (C=O) groups is 1. The van der Waals surface area contributed by atoms with Crippen LogP contribution < -0.4 is 5.32 Å². The van der Waals surface area contributed by atoms with E-state index in [2.05, 4.69) is 19.2 Å². The summed E-state index contributed by atoms with van der Waals surface area (Å²) in [6.45, 7) is 7.40. The first kappa shape index (κ1) is 12.8. The lowest BCUT2D eigenvalue weighted by atomic mass is 9.94. The molecule has 0 spiro atoms. The minimum atomic E-state index is -0.0490. The molecule has 2 saturated heterocycles. The smallest absolute Gasteiger partial charge is 0.236 e. The summed E-state index contributed by atoms with van der Waals surface area (Å²) in [5.41, 5.74) is -0.0490. The molecule has 4 nitrogen and oxygen atoms in total. The highest BCUT2D eigenvalue weighted by molar-refractivity contribution is 5.78. The fraction of sp³-hybridized carbons (Fsp3) is 0.923. The monoisotopic (exact) mass is 240 g/mol. The van der Waals surface area contributed by atoms with Crippen molar-refractivity contribution in [2.45, 2.75) is 51.2 Å². The van der Waals surface area contributed by atoms with Gasteiger partial charge in [-0.2, -0.15) is 0 Å². The van der Waals surface area contributed by atoms with E-state index in [1.54, 1.807) is 0 Å². The normalized spacial score (nSPS) is 28.4. The maximum Gasteiger partial charge on any atom is 0.236 e. The minimum Gasteiger partial charge on any atom is -0.375 e. The van der Waals surface area contributed by atoms with Crippen molar-refractivity contribution in [1.29, 1.82) is 0 Å². The largest absolute Gasteiger partial charge is 0.375 e. The number of likely N-dealkylation sites (tertiary alicyclic amines) is 1. The molecule has 0 aromatic rings. The lowest BCUT2D eigenvalue weighted by molar-refractivity contribution is -0.129. The van der Waals surface area contributed by atoms with Gasteiger partial charge in [-0.1, -0.05) is 0 Å². The van der Waals surface area contributed by atoms with Crippen molar-refractivity contribution in [2.75, 3.05) is 26.2 Å². The van der Waals surface area contributed by atoms with Gasteiger partial charge in [0, 0.05) is 25.7 Å². The first-order valence-corrected chi connectivity index (χ1v) is 6.72. The minimum absolute atomic E-state index is 0.0490. The lowest BCUT2D eigenvalue weighted by Gasteiger charge is -2.36. The molecule has 0 aliphatic carbocycles. The van der Waals surface area contributed by atoms with E-state index in [0.29, 0.717) is 12.6 Å². The summed E-state index contributed by atoms with van der Waals surface area (Å²) >= 11 is 0. The van der Waals surface area contributed by atoms with Crippen LogP contribution in [0.25, 0.3) is 0 Å². The van der Waals surface area contributed by atoms with Crippen LogP contribution in [0.3, 0.4) is 0 Å². The van der Waals surface area contributed by atoms with Crippen molar-refractivity contribution in [3.05, 3.63) is 0 Å². The maximum absolute atomic E-state index is 11.9. The van der Waals surface area contributed by atoms with Crippen LogP contribution in [0.2, 0.25) is 0 Å². The van der Waals surface area contributed by atoms with Crippen LogP contribution in [-0.2, 0) is 9.53 Å². The molecule has 2 aliphatic heterocycles. The van der Waals surface area contributed by atoms with E-state index in [4.69, 9.17) is 4.74 Å². The van der Waals surface area contributed by atoms with Gasteiger partial charge < -0.3 is 15.0 Å². The number of nitrogens with one attached hydrogen (secondary N) is 1. The SMILES string of the molecule is CC1(C)CC(NCC(=O)N2CCCC2)CCO1. The quantitative estimate of drug-likeness (QED) is 0.805. The van der Waals surface area contributed by atoms with Crippen molar-refractivity contribution in [3.8, 4) is 0 Å². The van der Waals surface area contributed by atoms with E-state index < -0.39 is 0 Å². The van der Waals surface area contributed by atoms with Gasteiger partial charge in [0.05, 0.1) is 12.1 Å². The molecule has 17 heavy (non-hydrogen) atoms. The van der Waals surface area contributed by atoms with Crippen molar-refractivity contribution in [2.24, 2.45) is 0 Å². The Morgan fingerprint density at radius 3 is 2.76 bits per heavy atom. The van der Waals surface area contributed by atoms with Crippen LogP contribution in [0.5, 0.6) is 0 Å². The maximum atomic E-state index is 11.9. The molecular formula is C13H24N2O2. The number of carbonyl (C=O) groups excluding carboxylic acids is 1. The summed E-state index contributed by atoms with van der Waals surface area (Å²) < 4.78 is 5.67. The Kier molecular flexibility index (Phi) is 4.05. The van der Waals surface area contributed by atoms with Crippen LogP contribution in [0.1, 0.15) is 39.5 Å². The number of hydrogen-bond acceptors (Lipinski definition) is 3. The number of rotatable bonds is 3. The average molecular weight is 240 g/mol. The third-order valence-corrected chi connectivity index (χ3v) is 3.70. The van der Waals surface area contributed by atoms with Crippen molar-refractivity contribution < 1.29 is 9.53 Å². The molecule has 0 aromatic carbocycles. The van der Waals surface area contributed by atoms with E-state index in [9.17, 15) is 4.79 Å². The molecule has 2 rings (SSSR count). The van der Waals surface area contributed by atoms with E-state index in [1.165, 1.54) is 0 Å². The van der Waals surface area contributed by atoms with Gasteiger partial charge in [-0.25, -0.2) is 0 Å². The molecule has 98 valence electrons. The van der Waals surface area contributed by atoms with Crippen molar-refractivity contribution in [1.82, 2.24) is 10.2 Å². The highest BCUT2D eigenvalue weighted by Gasteiger charge is 2.29. The second kappa shape index (κ2) is 5.36. The molecule has 0 aromatic heterocycles. The number of ether oxygens (including phenoxy) is 1. The molecular weight excluding hydrogens is 216 g/mol. The third-order valence-electron chi connectivity index (χ3n) is 3.70. The summed E-state index contributed by atoms with van der Waals surface area (Å²) in [6.07, 6.45) is 4.32. The number of amides is 1. The standard InChI is InChI=1S/C13H24N2O2/c1-13(2)9-11(5-8-17-13)14-10-12(16)15-6-3-4-7-15/h11,14H,3-10H2,1-2H3. The second-order valence-electron chi connectivity index (χ2n) is 5.77. The van der Waals surface area contributed by atoms with E-state index in [-0.39, 0.29) is 11.5 Å². The Bertz CT molecular complexity index is 273. The summed E-state index contributed by atoms with van der Waals surface area (Å²) in [4.78, 5) is 13.9. The van der Waals surface area contributed by atoms with Gasteiger partial charge in [-0.05, 0) is 39.5 Å².